The van der Waals surface area contributed by atoms with Crippen molar-refractivity contribution in [3.63, 3.8) is 0 Å². The molecule has 140 valence electrons. The first-order chi connectivity index (χ1) is 12.1. The number of rotatable bonds is 6. The van der Waals surface area contributed by atoms with E-state index in [2.05, 4.69) is 5.32 Å². The van der Waals surface area contributed by atoms with Crippen molar-refractivity contribution < 1.29 is 26.7 Å². The molecule has 0 saturated carbocycles. The van der Waals surface area contributed by atoms with Gasteiger partial charge < -0.3 is 10.1 Å². The maximum atomic E-state index is 12.5. The third-order valence-corrected chi connectivity index (χ3v) is 4.90. The van der Waals surface area contributed by atoms with Crippen LogP contribution >= 0.6 is 0 Å². The van der Waals surface area contributed by atoms with E-state index >= 15 is 0 Å². The molecule has 0 aliphatic carbocycles. The lowest BCUT2D eigenvalue weighted by Crippen LogP contribution is -2.14. The van der Waals surface area contributed by atoms with E-state index in [-0.39, 0.29) is 11.7 Å². The molecular weight excluding hydrogens is 364 g/mol. The molecule has 5 nitrogen and oxygen atoms in total. The standard InChI is InChI=1S/C18H19F2NO4S/c1-11(2)25-14-6-9-16(12(3)10-14)21-17(22)13-4-7-15(8-5-13)26(23,24)18(19)20/h4-11,18H,1-3H3,(H,21,22). The molecule has 0 spiro atoms. The molecule has 0 aliphatic heterocycles. The highest BCUT2D eigenvalue weighted by Gasteiger charge is 2.26. The second-order valence-electron chi connectivity index (χ2n) is 5.93. The third-order valence-electron chi connectivity index (χ3n) is 3.50. The number of anilines is 1. The molecule has 0 radical (unpaired) electrons. The summed E-state index contributed by atoms with van der Waals surface area (Å²) in [5.41, 5.74) is 1.50. The van der Waals surface area contributed by atoms with E-state index in [1.807, 2.05) is 13.8 Å². The molecule has 0 heterocycles. The molecule has 2 aromatic rings. The fourth-order valence-corrected chi connectivity index (χ4v) is 2.94. The van der Waals surface area contributed by atoms with Gasteiger partial charge in [-0.2, -0.15) is 8.78 Å². The topological polar surface area (TPSA) is 72.5 Å². The summed E-state index contributed by atoms with van der Waals surface area (Å²) in [6, 6.07) is 9.56. The van der Waals surface area contributed by atoms with Gasteiger partial charge >= 0.3 is 5.76 Å². The van der Waals surface area contributed by atoms with Crippen LogP contribution in [0.2, 0.25) is 0 Å². The van der Waals surface area contributed by atoms with E-state index in [0.29, 0.717) is 11.4 Å². The smallest absolute Gasteiger partial charge is 0.341 e. The Morgan fingerprint density at radius 3 is 2.19 bits per heavy atom. The Kier molecular flexibility index (Phi) is 5.97. The number of halogens is 2. The fourth-order valence-electron chi connectivity index (χ4n) is 2.22. The molecule has 0 atom stereocenters. The van der Waals surface area contributed by atoms with Gasteiger partial charge in [0.15, 0.2) is 0 Å². The summed E-state index contributed by atoms with van der Waals surface area (Å²) in [5.74, 6) is -3.31. The van der Waals surface area contributed by atoms with E-state index in [4.69, 9.17) is 4.74 Å². The quantitative estimate of drug-likeness (QED) is 0.817. The van der Waals surface area contributed by atoms with Crippen LogP contribution in [0.4, 0.5) is 14.5 Å². The average molecular weight is 383 g/mol. The Balaban J connectivity index is 2.15. The van der Waals surface area contributed by atoms with E-state index in [9.17, 15) is 22.0 Å². The largest absolute Gasteiger partial charge is 0.491 e. The number of aryl methyl sites for hydroxylation is 1. The second kappa shape index (κ2) is 7.82. The summed E-state index contributed by atoms with van der Waals surface area (Å²) in [6.07, 6.45) is 0.0258. The number of nitrogens with one attached hydrogen (secondary N) is 1. The number of carbonyl (C=O) groups is 1. The lowest BCUT2D eigenvalue weighted by Gasteiger charge is -2.13. The number of hydrogen-bond acceptors (Lipinski definition) is 4. The number of carbonyl (C=O) groups excluding carboxylic acids is 1. The Morgan fingerprint density at radius 1 is 1.08 bits per heavy atom. The predicted molar refractivity (Wildman–Crippen MR) is 94.5 cm³/mol. The average Bonchev–Trinajstić information content (AvgIpc) is 2.56. The van der Waals surface area contributed by atoms with Gasteiger partial charge in [0.1, 0.15) is 5.75 Å². The zero-order valence-electron chi connectivity index (χ0n) is 14.5. The summed E-state index contributed by atoms with van der Waals surface area (Å²) < 4.78 is 53.4. The molecule has 0 unspecified atom stereocenters. The molecule has 1 amide bonds. The second-order valence-corrected chi connectivity index (χ2v) is 7.85. The van der Waals surface area contributed by atoms with E-state index in [1.54, 1.807) is 25.1 Å². The number of hydrogen-bond donors (Lipinski definition) is 1. The van der Waals surface area contributed by atoms with Gasteiger partial charge in [0.2, 0.25) is 9.84 Å². The SMILES string of the molecule is Cc1cc(OC(C)C)ccc1NC(=O)c1ccc(S(=O)(=O)C(F)F)cc1. The highest BCUT2D eigenvalue weighted by atomic mass is 32.2. The van der Waals surface area contributed by atoms with Crippen LogP contribution in [0, 0.1) is 6.92 Å². The van der Waals surface area contributed by atoms with Crippen LogP contribution in [0.15, 0.2) is 47.4 Å². The first kappa shape index (κ1) is 19.8. The van der Waals surface area contributed by atoms with Gasteiger partial charge in [0.05, 0.1) is 11.0 Å². The van der Waals surface area contributed by atoms with Crippen molar-refractivity contribution >= 4 is 21.4 Å². The Hall–Kier alpha value is -2.48. The Morgan fingerprint density at radius 2 is 1.69 bits per heavy atom. The van der Waals surface area contributed by atoms with Crippen LogP contribution in [-0.2, 0) is 9.84 Å². The van der Waals surface area contributed by atoms with Gasteiger partial charge in [-0.3, -0.25) is 4.79 Å². The van der Waals surface area contributed by atoms with Crippen molar-refractivity contribution in [3.8, 4) is 5.75 Å². The summed E-state index contributed by atoms with van der Waals surface area (Å²) in [4.78, 5) is 11.8. The first-order valence-corrected chi connectivity index (χ1v) is 9.36. The van der Waals surface area contributed by atoms with Crippen LogP contribution < -0.4 is 10.1 Å². The number of sulfone groups is 1. The zero-order valence-corrected chi connectivity index (χ0v) is 15.3. The minimum Gasteiger partial charge on any atom is -0.491 e. The molecule has 2 aromatic carbocycles. The number of amides is 1. The molecule has 1 N–H and O–H groups in total. The van der Waals surface area contributed by atoms with Crippen LogP contribution in [0.5, 0.6) is 5.75 Å². The normalized spacial score (nSPS) is 11.7. The highest BCUT2D eigenvalue weighted by Crippen LogP contribution is 2.23. The maximum Gasteiger partial charge on any atom is 0.341 e. The third kappa shape index (κ3) is 4.57. The first-order valence-electron chi connectivity index (χ1n) is 7.82. The van der Waals surface area contributed by atoms with Crippen molar-refractivity contribution in [2.45, 2.75) is 37.5 Å². The summed E-state index contributed by atoms with van der Waals surface area (Å²) in [5, 5.41) is 2.70. The molecule has 0 saturated heterocycles. The van der Waals surface area contributed by atoms with Crippen molar-refractivity contribution in [2.75, 3.05) is 5.32 Å². The fraction of sp³-hybridized carbons (Fsp3) is 0.278. The summed E-state index contributed by atoms with van der Waals surface area (Å²) >= 11 is 0. The monoisotopic (exact) mass is 383 g/mol. The zero-order chi connectivity index (χ0) is 19.5. The summed E-state index contributed by atoms with van der Waals surface area (Å²) in [6.45, 7) is 5.62. The van der Waals surface area contributed by atoms with Crippen molar-refractivity contribution in [1.29, 1.82) is 0 Å². The maximum absolute atomic E-state index is 12.5. The molecule has 0 aromatic heterocycles. The van der Waals surface area contributed by atoms with Gasteiger partial charge in [-0.25, -0.2) is 8.42 Å². The molecule has 8 heteroatoms. The Labute approximate surface area is 150 Å². The van der Waals surface area contributed by atoms with E-state index in [1.165, 1.54) is 12.1 Å². The van der Waals surface area contributed by atoms with Crippen LogP contribution in [0.1, 0.15) is 29.8 Å². The minimum atomic E-state index is -4.68. The lowest BCUT2D eigenvalue weighted by atomic mass is 10.1. The minimum absolute atomic E-state index is 0.0258. The van der Waals surface area contributed by atoms with Crippen molar-refractivity contribution in [3.05, 3.63) is 53.6 Å². The van der Waals surface area contributed by atoms with Crippen molar-refractivity contribution in [2.24, 2.45) is 0 Å². The lowest BCUT2D eigenvalue weighted by molar-refractivity contribution is 0.102. The van der Waals surface area contributed by atoms with Gasteiger partial charge in [-0.05, 0) is 68.8 Å². The van der Waals surface area contributed by atoms with Crippen molar-refractivity contribution in [1.82, 2.24) is 0 Å². The van der Waals surface area contributed by atoms with E-state index in [0.717, 1.165) is 17.7 Å². The van der Waals surface area contributed by atoms with Gasteiger partial charge in [-0.1, -0.05) is 0 Å². The van der Waals surface area contributed by atoms with Gasteiger partial charge in [0.25, 0.3) is 5.91 Å². The highest BCUT2D eigenvalue weighted by molar-refractivity contribution is 7.91. The molecule has 2 rings (SSSR count). The van der Waals surface area contributed by atoms with Crippen LogP contribution in [-0.4, -0.2) is 26.2 Å². The number of ether oxygens (including phenoxy) is 1. The van der Waals surface area contributed by atoms with E-state index < -0.39 is 26.4 Å². The van der Waals surface area contributed by atoms with Crippen LogP contribution in [0.25, 0.3) is 0 Å². The molecule has 0 bridgehead atoms. The predicted octanol–water partition coefficient (Wildman–Crippen LogP) is 4.03. The number of alkyl halides is 2. The van der Waals surface area contributed by atoms with Gasteiger partial charge in [0, 0.05) is 11.3 Å². The Bertz CT molecular complexity index is 894. The molecular formula is C18H19F2NO4S. The number of benzene rings is 2. The molecule has 26 heavy (non-hydrogen) atoms. The van der Waals surface area contributed by atoms with Gasteiger partial charge in [-0.15, -0.1) is 0 Å². The summed E-state index contributed by atoms with van der Waals surface area (Å²) in [7, 11) is -4.68. The molecule has 0 fully saturated rings. The molecule has 0 aliphatic rings. The van der Waals surface area contributed by atoms with Crippen LogP contribution in [0.3, 0.4) is 0 Å².